The molecule has 0 saturated carbocycles. The number of nitrogens with one attached hydrogen (secondary N) is 2. The third-order valence-electron chi connectivity index (χ3n) is 6.21. The highest BCUT2D eigenvalue weighted by atomic mass is 35.5. The van der Waals surface area contributed by atoms with E-state index in [9.17, 15) is 4.79 Å². The van der Waals surface area contributed by atoms with Crippen LogP contribution >= 0.6 is 11.6 Å². The maximum atomic E-state index is 11.9. The lowest BCUT2D eigenvalue weighted by molar-refractivity contribution is -0.114. The van der Waals surface area contributed by atoms with Crippen LogP contribution in [0.25, 0.3) is 0 Å². The molecule has 0 aliphatic carbocycles. The van der Waals surface area contributed by atoms with Crippen LogP contribution in [0.5, 0.6) is 0 Å². The van der Waals surface area contributed by atoms with E-state index in [-0.39, 0.29) is 18.5 Å². The van der Waals surface area contributed by atoms with Gasteiger partial charge in [0.25, 0.3) is 0 Å². The lowest BCUT2D eigenvalue weighted by Gasteiger charge is -2.43. The average Bonchev–Trinajstić information content (AvgIpc) is 2.74. The minimum atomic E-state index is -0.0643. The van der Waals surface area contributed by atoms with Gasteiger partial charge in [-0.25, -0.2) is 9.97 Å². The Balaban J connectivity index is 1.33. The Morgan fingerprint density at radius 1 is 1.07 bits per heavy atom. The normalized spacial score (nSPS) is 20.7. The van der Waals surface area contributed by atoms with Crippen LogP contribution in [0.15, 0.2) is 30.6 Å². The van der Waals surface area contributed by atoms with Crippen LogP contribution in [0.2, 0.25) is 5.02 Å². The van der Waals surface area contributed by atoms with Crippen molar-refractivity contribution in [3.63, 3.8) is 0 Å². The molecule has 1 atom stereocenters. The molecule has 158 valence electrons. The number of anilines is 3. The van der Waals surface area contributed by atoms with Crippen molar-refractivity contribution >= 4 is 34.8 Å². The summed E-state index contributed by atoms with van der Waals surface area (Å²) in [4.78, 5) is 27.9. The first-order chi connectivity index (χ1) is 14.7. The van der Waals surface area contributed by atoms with Crippen LogP contribution in [0.4, 0.5) is 17.3 Å². The summed E-state index contributed by atoms with van der Waals surface area (Å²) in [6.07, 6.45) is 2.84. The highest BCUT2D eigenvalue weighted by Crippen LogP contribution is 2.34. The number of carbonyl (C=O) groups excluding carboxylic acids is 1. The van der Waals surface area contributed by atoms with Crippen molar-refractivity contribution in [1.82, 2.24) is 19.8 Å². The number of carbonyl (C=O) groups is 1. The van der Waals surface area contributed by atoms with E-state index in [4.69, 9.17) is 11.6 Å². The largest absolute Gasteiger partial charge is 0.359 e. The number of hydrogen-bond donors (Lipinski definition) is 2. The molecule has 2 aromatic rings. The van der Waals surface area contributed by atoms with Crippen LogP contribution in [0.3, 0.4) is 0 Å². The first kappa shape index (κ1) is 19.5. The summed E-state index contributed by atoms with van der Waals surface area (Å²) in [6.45, 7) is 7.07. The van der Waals surface area contributed by atoms with E-state index < -0.39 is 0 Å². The van der Waals surface area contributed by atoms with E-state index >= 15 is 0 Å². The molecule has 5 rings (SSSR count). The molecule has 1 aromatic carbocycles. The third kappa shape index (κ3) is 3.82. The van der Waals surface area contributed by atoms with E-state index in [0.29, 0.717) is 11.5 Å². The number of nitrogens with zero attached hydrogens (tertiary/aromatic N) is 5. The highest BCUT2D eigenvalue weighted by Gasteiger charge is 2.31. The van der Waals surface area contributed by atoms with Gasteiger partial charge in [0.1, 0.15) is 12.0 Å². The standard InChI is InChI=1S/C21H26ClN7O/c22-16-5-2-1-4-15(16)17(13-27-6-3-7-27)28-8-10-29(11-9-28)21-19-20(24-14-25-21)23-12-18(30)26-19/h1-2,4-5,14,17H,3,6-13H2,(H,26,30)(H,23,24,25). The fourth-order valence-corrected chi connectivity index (χ4v) is 4.68. The summed E-state index contributed by atoms with van der Waals surface area (Å²) >= 11 is 6.58. The number of rotatable bonds is 5. The van der Waals surface area contributed by atoms with Gasteiger partial charge in [-0.3, -0.25) is 9.69 Å². The third-order valence-corrected chi connectivity index (χ3v) is 6.55. The van der Waals surface area contributed by atoms with Crippen molar-refractivity contribution < 1.29 is 4.79 Å². The Bertz CT molecular complexity index is 927. The molecule has 2 fully saturated rings. The second-order valence-electron chi connectivity index (χ2n) is 8.04. The zero-order valence-electron chi connectivity index (χ0n) is 16.9. The lowest BCUT2D eigenvalue weighted by Crippen LogP contribution is -2.51. The van der Waals surface area contributed by atoms with E-state index in [0.717, 1.165) is 43.6 Å². The molecule has 9 heteroatoms. The van der Waals surface area contributed by atoms with Crippen LogP contribution in [-0.2, 0) is 4.79 Å². The summed E-state index contributed by atoms with van der Waals surface area (Å²) in [5, 5.41) is 6.83. The highest BCUT2D eigenvalue weighted by molar-refractivity contribution is 6.31. The smallest absolute Gasteiger partial charge is 0.243 e. The summed E-state index contributed by atoms with van der Waals surface area (Å²) in [6, 6.07) is 8.48. The number of fused-ring (bicyclic) bond motifs is 1. The van der Waals surface area contributed by atoms with Crippen molar-refractivity contribution in [2.75, 3.05) is 67.9 Å². The van der Waals surface area contributed by atoms with Gasteiger partial charge < -0.3 is 20.4 Å². The van der Waals surface area contributed by atoms with Gasteiger partial charge in [-0.2, -0.15) is 0 Å². The molecule has 8 nitrogen and oxygen atoms in total. The zero-order chi connectivity index (χ0) is 20.5. The number of halogens is 1. The second kappa shape index (κ2) is 8.37. The summed E-state index contributed by atoms with van der Waals surface area (Å²) in [5.41, 5.74) is 1.89. The molecule has 2 N–H and O–H groups in total. The van der Waals surface area contributed by atoms with Crippen LogP contribution < -0.4 is 15.5 Å². The van der Waals surface area contributed by atoms with E-state index in [1.54, 1.807) is 6.33 Å². The molecule has 30 heavy (non-hydrogen) atoms. The molecule has 1 aromatic heterocycles. The van der Waals surface area contributed by atoms with Gasteiger partial charge in [0, 0.05) is 43.8 Å². The molecular weight excluding hydrogens is 402 g/mol. The zero-order valence-corrected chi connectivity index (χ0v) is 17.6. The minimum Gasteiger partial charge on any atom is -0.359 e. The average molecular weight is 428 g/mol. The van der Waals surface area contributed by atoms with Crippen molar-refractivity contribution in [2.24, 2.45) is 0 Å². The first-order valence-electron chi connectivity index (χ1n) is 10.5. The van der Waals surface area contributed by atoms with Crippen LogP contribution in [0, 0.1) is 0 Å². The number of benzene rings is 1. The Hall–Kier alpha value is -2.42. The van der Waals surface area contributed by atoms with E-state index in [2.05, 4.69) is 47.4 Å². The Morgan fingerprint density at radius 2 is 1.87 bits per heavy atom. The van der Waals surface area contributed by atoms with Crippen molar-refractivity contribution in [2.45, 2.75) is 12.5 Å². The molecule has 2 saturated heterocycles. The molecule has 0 radical (unpaired) electrons. The quantitative estimate of drug-likeness (QED) is 0.756. The molecule has 1 unspecified atom stereocenters. The molecule has 0 bridgehead atoms. The van der Waals surface area contributed by atoms with E-state index in [1.165, 1.54) is 25.1 Å². The minimum absolute atomic E-state index is 0.0643. The number of likely N-dealkylation sites (tertiary alicyclic amines) is 1. The summed E-state index contributed by atoms with van der Waals surface area (Å²) in [7, 11) is 0. The summed E-state index contributed by atoms with van der Waals surface area (Å²) < 4.78 is 0. The Morgan fingerprint density at radius 3 is 2.60 bits per heavy atom. The van der Waals surface area contributed by atoms with Gasteiger partial charge in [0.15, 0.2) is 11.6 Å². The van der Waals surface area contributed by atoms with Crippen molar-refractivity contribution in [3.05, 3.63) is 41.2 Å². The van der Waals surface area contributed by atoms with Crippen molar-refractivity contribution in [3.8, 4) is 0 Å². The van der Waals surface area contributed by atoms with Gasteiger partial charge in [-0.1, -0.05) is 29.8 Å². The maximum Gasteiger partial charge on any atom is 0.243 e. The van der Waals surface area contributed by atoms with Gasteiger partial charge >= 0.3 is 0 Å². The molecule has 0 spiro atoms. The first-order valence-corrected chi connectivity index (χ1v) is 10.9. The number of hydrogen-bond acceptors (Lipinski definition) is 7. The predicted molar refractivity (Wildman–Crippen MR) is 118 cm³/mol. The van der Waals surface area contributed by atoms with Gasteiger partial charge in [-0.15, -0.1) is 0 Å². The SMILES string of the molecule is O=C1CNc2ncnc(N3CCN(C(CN4CCC4)c4ccccc4Cl)CC3)c2N1. The lowest BCUT2D eigenvalue weighted by atomic mass is 10.0. The fraction of sp³-hybridized carbons (Fsp3) is 0.476. The van der Waals surface area contributed by atoms with Crippen molar-refractivity contribution in [1.29, 1.82) is 0 Å². The fourth-order valence-electron chi connectivity index (χ4n) is 4.42. The number of aromatic nitrogens is 2. The second-order valence-corrected chi connectivity index (χ2v) is 8.44. The molecule has 3 aliphatic heterocycles. The summed E-state index contributed by atoms with van der Waals surface area (Å²) in [5.74, 6) is 1.41. The van der Waals surface area contributed by atoms with Crippen LogP contribution in [0.1, 0.15) is 18.0 Å². The number of amides is 1. The van der Waals surface area contributed by atoms with Gasteiger partial charge in [0.2, 0.25) is 5.91 Å². The molecule has 4 heterocycles. The maximum absolute atomic E-state index is 11.9. The van der Waals surface area contributed by atoms with Gasteiger partial charge in [-0.05, 0) is 31.1 Å². The number of piperazine rings is 1. The predicted octanol–water partition coefficient (Wildman–Crippen LogP) is 2.06. The van der Waals surface area contributed by atoms with Crippen LogP contribution in [-0.4, -0.2) is 78.0 Å². The Kier molecular flexibility index (Phi) is 5.45. The molecule has 1 amide bonds. The van der Waals surface area contributed by atoms with Gasteiger partial charge in [0.05, 0.1) is 6.54 Å². The molecule has 3 aliphatic rings. The Labute approximate surface area is 181 Å². The topological polar surface area (TPSA) is 76.6 Å². The van der Waals surface area contributed by atoms with E-state index in [1.807, 2.05) is 12.1 Å². The monoisotopic (exact) mass is 427 g/mol. The molecular formula is C21H26ClN7O.